The number of aliphatic hydroxyl groups excluding tert-OH is 1. The van der Waals surface area contributed by atoms with Crippen LogP contribution in [0.15, 0.2) is 23.3 Å². The summed E-state index contributed by atoms with van der Waals surface area (Å²) in [6, 6.07) is 0. The minimum Gasteiger partial charge on any atom is -0.389 e. The van der Waals surface area contributed by atoms with E-state index in [1.54, 1.807) is 6.92 Å². The molecular weight excluding hydrogens is 168 g/mol. The van der Waals surface area contributed by atoms with Gasteiger partial charge in [-0.3, -0.25) is 9.59 Å². The van der Waals surface area contributed by atoms with Crippen molar-refractivity contribution >= 4 is 12.6 Å². The van der Waals surface area contributed by atoms with Crippen LogP contribution in [-0.4, -0.2) is 23.8 Å². The van der Waals surface area contributed by atoms with Gasteiger partial charge in [-0.05, 0) is 24.5 Å². The van der Waals surface area contributed by atoms with Crippen LogP contribution in [0, 0.1) is 5.92 Å². The van der Waals surface area contributed by atoms with Crippen molar-refractivity contribution in [2.24, 2.45) is 5.92 Å². The van der Waals surface area contributed by atoms with Gasteiger partial charge in [-0.25, -0.2) is 0 Å². The summed E-state index contributed by atoms with van der Waals surface area (Å²) in [6.45, 7) is 5.25. The van der Waals surface area contributed by atoms with E-state index in [9.17, 15) is 14.7 Å². The highest BCUT2D eigenvalue weighted by molar-refractivity contribution is 5.83. The SMILES string of the molecule is C=C(C=O)[C@@H]1C[C@@H](O)C(C)=C1C=O. The second kappa shape index (κ2) is 3.66. The monoisotopic (exact) mass is 180 g/mol. The summed E-state index contributed by atoms with van der Waals surface area (Å²) in [5.74, 6) is -0.287. The molecule has 0 unspecified atom stereocenters. The van der Waals surface area contributed by atoms with Crippen LogP contribution in [0.25, 0.3) is 0 Å². The molecule has 0 heterocycles. The van der Waals surface area contributed by atoms with Crippen LogP contribution in [0.5, 0.6) is 0 Å². The maximum absolute atomic E-state index is 10.7. The van der Waals surface area contributed by atoms with Gasteiger partial charge >= 0.3 is 0 Å². The molecule has 0 aliphatic heterocycles. The molecule has 70 valence electrons. The Morgan fingerprint density at radius 1 is 1.62 bits per heavy atom. The average molecular weight is 180 g/mol. The van der Waals surface area contributed by atoms with Gasteiger partial charge in [0.1, 0.15) is 12.6 Å². The first kappa shape index (κ1) is 9.86. The Morgan fingerprint density at radius 2 is 2.23 bits per heavy atom. The fraction of sp³-hybridized carbons (Fsp3) is 0.400. The van der Waals surface area contributed by atoms with Crippen molar-refractivity contribution < 1.29 is 14.7 Å². The van der Waals surface area contributed by atoms with E-state index in [0.717, 1.165) is 0 Å². The summed E-state index contributed by atoms with van der Waals surface area (Å²) in [5, 5.41) is 9.44. The Labute approximate surface area is 76.8 Å². The van der Waals surface area contributed by atoms with Crippen LogP contribution in [0.4, 0.5) is 0 Å². The number of hydrogen-bond acceptors (Lipinski definition) is 3. The highest BCUT2D eigenvalue weighted by Gasteiger charge is 2.31. The van der Waals surface area contributed by atoms with Crippen molar-refractivity contribution in [3.8, 4) is 0 Å². The first-order valence-corrected chi connectivity index (χ1v) is 4.09. The smallest absolute Gasteiger partial charge is 0.146 e. The predicted octanol–water partition coefficient (Wildman–Crippen LogP) is 0.638. The number of aldehydes is 2. The Balaban J connectivity index is 2.99. The van der Waals surface area contributed by atoms with E-state index >= 15 is 0 Å². The lowest BCUT2D eigenvalue weighted by Crippen LogP contribution is -2.07. The van der Waals surface area contributed by atoms with Crippen LogP contribution in [0.1, 0.15) is 13.3 Å². The van der Waals surface area contributed by atoms with Crippen LogP contribution < -0.4 is 0 Å². The Bertz CT molecular complexity index is 289. The van der Waals surface area contributed by atoms with Crippen molar-refractivity contribution in [1.82, 2.24) is 0 Å². The number of hydrogen-bond donors (Lipinski definition) is 1. The summed E-state index contributed by atoms with van der Waals surface area (Å²) in [5.41, 5.74) is 1.52. The molecule has 0 saturated carbocycles. The van der Waals surface area contributed by atoms with Gasteiger partial charge in [-0.1, -0.05) is 6.58 Å². The van der Waals surface area contributed by atoms with E-state index in [1.807, 2.05) is 0 Å². The van der Waals surface area contributed by atoms with E-state index in [-0.39, 0.29) is 5.92 Å². The molecule has 13 heavy (non-hydrogen) atoms. The molecule has 0 aromatic heterocycles. The van der Waals surface area contributed by atoms with Crippen molar-refractivity contribution in [2.45, 2.75) is 19.4 Å². The van der Waals surface area contributed by atoms with Gasteiger partial charge in [0.15, 0.2) is 0 Å². The molecule has 0 aromatic rings. The second-order valence-electron chi connectivity index (χ2n) is 3.25. The zero-order chi connectivity index (χ0) is 10.0. The van der Waals surface area contributed by atoms with Gasteiger partial charge < -0.3 is 5.11 Å². The number of carbonyl (C=O) groups is 2. The third-order valence-corrected chi connectivity index (χ3v) is 2.52. The third kappa shape index (κ3) is 1.60. The van der Waals surface area contributed by atoms with Crippen molar-refractivity contribution in [2.75, 3.05) is 0 Å². The molecule has 0 bridgehead atoms. The van der Waals surface area contributed by atoms with Crippen LogP contribution in [-0.2, 0) is 9.59 Å². The van der Waals surface area contributed by atoms with Crippen LogP contribution in [0.3, 0.4) is 0 Å². The van der Waals surface area contributed by atoms with E-state index in [1.165, 1.54) is 0 Å². The highest BCUT2D eigenvalue weighted by atomic mass is 16.3. The van der Waals surface area contributed by atoms with Crippen molar-refractivity contribution in [1.29, 1.82) is 0 Å². The topological polar surface area (TPSA) is 54.4 Å². The first-order valence-electron chi connectivity index (χ1n) is 4.09. The molecular formula is C10H12O3. The fourth-order valence-electron chi connectivity index (χ4n) is 1.60. The van der Waals surface area contributed by atoms with Gasteiger partial charge in [-0.2, -0.15) is 0 Å². The molecule has 1 aliphatic carbocycles. The number of aliphatic hydroxyl groups is 1. The number of allylic oxidation sites excluding steroid dienone is 2. The summed E-state index contributed by atoms with van der Waals surface area (Å²) >= 11 is 0. The lowest BCUT2D eigenvalue weighted by Gasteiger charge is -2.08. The average Bonchev–Trinajstić information content (AvgIpc) is 2.42. The Morgan fingerprint density at radius 3 is 2.69 bits per heavy atom. The molecule has 1 rings (SSSR count). The molecule has 0 fully saturated rings. The highest BCUT2D eigenvalue weighted by Crippen LogP contribution is 2.34. The molecule has 0 saturated heterocycles. The van der Waals surface area contributed by atoms with Gasteiger partial charge in [0, 0.05) is 11.5 Å². The fourth-order valence-corrected chi connectivity index (χ4v) is 1.60. The minimum atomic E-state index is -0.609. The lowest BCUT2D eigenvalue weighted by atomic mass is 9.94. The van der Waals surface area contributed by atoms with Crippen LogP contribution >= 0.6 is 0 Å². The van der Waals surface area contributed by atoms with E-state index in [2.05, 4.69) is 6.58 Å². The predicted molar refractivity (Wildman–Crippen MR) is 48.1 cm³/mol. The first-order chi connectivity index (χ1) is 6.11. The van der Waals surface area contributed by atoms with Crippen molar-refractivity contribution in [3.05, 3.63) is 23.3 Å². The van der Waals surface area contributed by atoms with E-state index < -0.39 is 6.10 Å². The Kier molecular flexibility index (Phi) is 2.78. The normalized spacial score (nSPS) is 27.5. The summed E-state index contributed by atoms with van der Waals surface area (Å²) in [6.07, 6.45) is 1.13. The number of rotatable bonds is 3. The summed E-state index contributed by atoms with van der Waals surface area (Å²) in [7, 11) is 0. The molecule has 1 aliphatic rings. The zero-order valence-corrected chi connectivity index (χ0v) is 7.49. The summed E-state index contributed by atoms with van der Waals surface area (Å²) < 4.78 is 0. The largest absolute Gasteiger partial charge is 0.389 e. The van der Waals surface area contributed by atoms with Gasteiger partial charge in [-0.15, -0.1) is 0 Å². The maximum atomic E-state index is 10.7. The molecule has 1 N–H and O–H groups in total. The maximum Gasteiger partial charge on any atom is 0.146 e. The molecule has 2 atom stereocenters. The second-order valence-corrected chi connectivity index (χ2v) is 3.25. The molecule has 0 amide bonds. The van der Waals surface area contributed by atoms with Gasteiger partial charge in [0.05, 0.1) is 6.10 Å². The van der Waals surface area contributed by atoms with Crippen LogP contribution in [0.2, 0.25) is 0 Å². The van der Waals surface area contributed by atoms with Gasteiger partial charge in [0.2, 0.25) is 0 Å². The van der Waals surface area contributed by atoms with E-state index in [4.69, 9.17) is 0 Å². The lowest BCUT2D eigenvalue weighted by molar-refractivity contribution is -0.105. The Hall–Kier alpha value is -1.22. The molecule has 0 aromatic carbocycles. The van der Waals surface area contributed by atoms with E-state index in [0.29, 0.717) is 35.7 Å². The molecule has 0 radical (unpaired) electrons. The van der Waals surface area contributed by atoms with Crippen molar-refractivity contribution in [3.63, 3.8) is 0 Å². The number of carbonyl (C=O) groups excluding carboxylic acids is 2. The minimum absolute atomic E-state index is 0.287. The zero-order valence-electron chi connectivity index (χ0n) is 7.49. The molecule has 0 spiro atoms. The third-order valence-electron chi connectivity index (χ3n) is 2.52. The van der Waals surface area contributed by atoms with Gasteiger partial charge in [0.25, 0.3) is 0 Å². The summed E-state index contributed by atoms with van der Waals surface area (Å²) in [4.78, 5) is 21.1. The molecule has 3 nitrogen and oxygen atoms in total. The standard InChI is InChI=1S/C10H12O3/c1-6(4-11)8-3-10(13)7(2)9(8)5-12/h4-5,8,10,13H,1,3H2,2H3/t8-,10+/m0/s1. The quantitative estimate of drug-likeness (QED) is 0.512. The molecule has 3 heteroatoms.